The van der Waals surface area contributed by atoms with Gasteiger partial charge in [0.1, 0.15) is 10.7 Å². The Morgan fingerprint density at radius 1 is 1.21 bits per heavy atom. The molecule has 2 N–H and O–H groups in total. The second-order valence-electron chi connectivity index (χ2n) is 5.38. The Morgan fingerprint density at radius 2 is 1.93 bits per heavy atom. The van der Waals surface area contributed by atoms with Gasteiger partial charge in [0, 0.05) is 5.69 Å². The van der Waals surface area contributed by atoms with Gasteiger partial charge in [0.25, 0.3) is 0 Å². The second-order valence-corrected chi connectivity index (χ2v) is 7.05. The number of benzene rings is 1. The van der Waals surface area contributed by atoms with Crippen molar-refractivity contribution >= 4 is 39.9 Å². The molecule has 0 saturated carbocycles. The lowest BCUT2D eigenvalue weighted by Gasteiger charge is -2.12. The average molecular weight is 429 g/mol. The van der Waals surface area contributed by atoms with E-state index < -0.39 is 22.3 Å². The lowest BCUT2D eigenvalue weighted by molar-refractivity contribution is 0.0503. The molecule has 0 fully saturated rings. The molecule has 0 aliphatic heterocycles. The molecular weight excluding hydrogens is 412 g/mol. The molecule has 1 aromatic heterocycles. The number of aromatic nitrogens is 2. The summed E-state index contributed by atoms with van der Waals surface area (Å²) in [6.07, 6.45) is 0.597. The first-order valence-electron chi connectivity index (χ1n) is 8.00. The van der Waals surface area contributed by atoms with E-state index in [4.69, 9.17) is 20.5 Å². The van der Waals surface area contributed by atoms with Crippen molar-refractivity contribution in [2.24, 2.45) is 0 Å². The minimum atomic E-state index is -4.61. The number of hydrogen-bond acceptors (Lipinski definition) is 8. The minimum Gasteiger partial charge on any atom is -0.462 e. The number of anilines is 1. The fourth-order valence-corrected chi connectivity index (χ4v) is 2.89. The van der Waals surface area contributed by atoms with E-state index in [-0.39, 0.29) is 29.0 Å². The quantitative estimate of drug-likeness (QED) is 0.506. The van der Waals surface area contributed by atoms with Crippen LogP contribution in [0.4, 0.5) is 10.7 Å². The van der Waals surface area contributed by atoms with Gasteiger partial charge in [-0.05, 0) is 31.5 Å². The molecule has 28 heavy (non-hydrogen) atoms. The third-order valence-electron chi connectivity index (χ3n) is 3.01. The molecule has 0 radical (unpaired) electrons. The second kappa shape index (κ2) is 9.33. The number of hydrogen-bond donors (Lipinski definition) is 2. The van der Waals surface area contributed by atoms with Crippen molar-refractivity contribution in [1.29, 1.82) is 0 Å². The summed E-state index contributed by atoms with van der Waals surface area (Å²) in [5.41, 5.74) is 0.365. The monoisotopic (exact) mass is 428 g/mol. The summed E-state index contributed by atoms with van der Waals surface area (Å²) in [6.45, 7) is 3.60. The number of esters is 1. The highest BCUT2D eigenvalue weighted by molar-refractivity contribution is 7.85. The first-order chi connectivity index (χ1) is 13.2. The topological polar surface area (TPSA) is 137 Å². The van der Waals surface area contributed by atoms with Crippen molar-refractivity contribution in [3.05, 3.63) is 46.7 Å². The first-order valence-corrected chi connectivity index (χ1v) is 9.79. The van der Waals surface area contributed by atoms with Crippen molar-refractivity contribution in [2.45, 2.75) is 20.3 Å². The van der Waals surface area contributed by atoms with E-state index in [1.807, 2.05) is 6.92 Å². The highest BCUT2D eigenvalue weighted by Crippen LogP contribution is 2.20. The summed E-state index contributed by atoms with van der Waals surface area (Å²) in [4.78, 5) is 31.5. The van der Waals surface area contributed by atoms with E-state index in [2.05, 4.69) is 15.3 Å². The van der Waals surface area contributed by atoms with E-state index in [1.165, 1.54) is 30.3 Å². The molecule has 0 bridgehead atoms. The number of amides is 2. The third-order valence-corrected chi connectivity index (χ3v) is 4.04. The van der Waals surface area contributed by atoms with Gasteiger partial charge in [-0.1, -0.05) is 30.7 Å². The maximum Gasteiger partial charge on any atom is 0.411 e. The lowest BCUT2D eigenvalue weighted by atomic mass is 10.2. The summed E-state index contributed by atoms with van der Waals surface area (Å²) < 4.78 is 35.6. The van der Waals surface area contributed by atoms with Crippen LogP contribution in [0, 0.1) is 6.92 Å². The van der Waals surface area contributed by atoms with Crippen molar-refractivity contribution in [1.82, 2.24) is 14.7 Å². The summed E-state index contributed by atoms with van der Waals surface area (Å²) in [6, 6.07) is 5.85. The van der Waals surface area contributed by atoms with Crippen molar-refractivity contribution < 1.29 is 26.9 Å². The van der Waals surface area contributed by atoms with Gasteiger partial charge in [-0.2, -0.15) is 8.42 Å². The molecule has 0 saturated heterocycles. The Hall–Kier alpha value is -2.92. The molecule has 2 rings (SSSR count). The molecule has 0 unspecified atom stereocenters. The largest absolute Gasteiger partial charge is 0.462 e. The van der Waals surface area contributed by atoms with E-state index in [0.29, 0.717) is 12.1 Å². The van der Waals surface area contributed by atoms with Crippen molar-refractivity contribution in [3.63, 3.8) is 0 Å². The third kappa shape index (κ3) is 6.35. The number of rotatable bonds is 7. The first kappa shape index (κ1) is 21.4. The van der Waals surface area contributed by atoms with Crippen LogP contribution in [0.3, 0.4) is 0 Å². The fourth-order valence-electron chi connectivity index (χ4n) is 1.95. The van der Waals surface area contributed by atoms with Crippen LogP contribution in [0.25, 0.3) is 0 Å². The molecule has 1 aromatic carbocycles. The predicted molar refractivity (Wildman–Crippen MR) is 100 cm³/mol. The van der Waals surface area contributed by atoms with Gasteiger partial charge in [0.05, 0.1) is 6.61 Å². The number of carbonyl (C=O) groups is 2. The summed E-state index contributed by atoms with van der Waals surface area (Å²) >= 11 is 5.75. The fraction of sp³-hybridized carbons (Fsp3) is 0.250. The molecule has 1 heterocycles. The smallest absolute Gasteiger partial charge is 0.411 e. The van der Waals surface area contributed by atoms with Gasteiger partial charge in [0.15, 0.2) is 5.75 Å². The zero-order chi connectivity index (χ0) is 20.7. The number of nitrogens with zero attached hydrogens (tertiary/aromatic N) is 2. The average Bonchev–Trinajstić information content (AvgIpc) is 2.58. The van der Waals surface area contributed by atoms with Gasteiger partial charge < -0.3 is 8.92 Å². The molecule has 12 heteroatoms. The number of ether oxygens (including phenoxy) is 1. The number of carbonyl (C=O) groups excluding carboxylic acids is 2. The van der Waals surface area contributed by atoms with E-state index >= 15 is 0 Å². The Labute approximate surface area is 166 Å². The molecule has 0 atom stereocenters. The summed E-state index contributed by atoms with van der Waals surface area (Å²) in [5, 5.41) is 2.19. The van der Waals surface area contributed by atoms with Crippen LogP contribution in [0.1, 0.15) is 29.4 Å². The van der Waals surface area contributed by atoms with E-state index in [1.54, 1.807) is 11.6 Å². The molecule has 0 aliphatic rings. The van der Waals surface area contributed by atoms with Gasteiger partial charge in [-0.3, -0.25) is 5.32 Å². The van der Waals surface area contributed by atoms with Gasteiger partial charge in [0.2, 0.25) is 5.95 Å². The molecule has 0 spiro atoms. The standard InChI is InChI=1S/C16H17ClN4O6S/c1-3-8-26-14(22)11-6-4-5-7-12(11)27-28(24,25)21-16(23)20-15-18-10(2)9-13(17)19-15/h4-7,9H,3,8H2,1-2H3,(H2,18,19,20,21,23). The van der Waals surface area contributed by atoms with Gasteiger partial charge in [-0.15, -0.1) is 0 Å². The molecule has 2 amide bonds. The number of aryl methyl sites for hydroxylation is 1. The highest BCUT2D eigenvalue weighted by atomic mass is 35.5. The highest BCUT2D eigenvalue weighted by Gasteiger charge is 2.22. The minimum absolute atomic E-state index is 0.0708. The van der Waals surface area contributed by atoms with E-state index in [0.717, 1.165) is 0 Å². The molecule has 0 aliphatic carbocycles. The van der Waals surface area contributed by atoms with Gasteiger partial charge in [-0.25, -0.2) is 24.3 Å². The molecule has 2 aromatic rings. The number of nitrogens with one attached hydrogen (secondary N) is 2. The van der Waals surface area contributed by atoms with Crippen LogP contribution in [-0.4, -0.2) is 37.0 Å². The van der Waals surface area contributed by atoms with Gasteiger partial charge >= 0.3 is 22.3 Å². The maximum atomic E-state index is 12.1. The number of urea groups is 1. The molecule has 10 nitrogen and oxygen atoms in total. The molecular formula is C16H17ClN4O6S. The van der Waals surface area contributed by atoms with Crippen LogP contribution in [0.5, 0.6) is 5.75 Å². The van der Waals surface area contributed by atoms with Crippen molar-refractivity contribution in [3.8, 4) is 5.75 Å². The SMILES string of the molecule is CCCOC(=O)c1ccccc1OS(=O)(=O)NC(=O)Nc1nc(C)cc(Cl)n1. The van der Waals surface area contributed by atoms with E-state index in [9.17, 15) is 18.0 Å². The lowest BCUT2D eigenvalue weighted by Crippen LogP contribution is -2.37. The number of halogens is 1. The Morgan fingerprint density at radius 3 is 2.61 bits per heavy atom. The van der Waals surface area contributed by atoms with Crippen LogP contribution >= 0.6 is 11.6 Å². The number of para-hydroxylation sites is 1. The van der Waals surface area contributed by atoms with Crippen LogP contribution in [-0.2, 0) is 15.0 Å². The normalized spacial score (nSPS) is 10.8. The van der Waals surface area contributed by atoms with Crippen molar-refractivity contribution in [2.75, 3.05) is 11.9 Å². The predicted octanol–water partition coefficient (Wildman–Crippen LogP) is 2.45. The van der Waals surface area contributed by atoms with Crippen LogP contribution in [0.2, 0.25) is 5.15 Å². The zero-order valence-electron chi connectivity index (χ0n) is 14.9. The maximum absolute atomic E-state index is 12.1. The van der Waals surface area contributed by atoms with Crippen LogP contribution < -0.4 is 14.2 Å². The zero-order valence-corrected chi connectivity index (χ0v) is 16.5. The molecule has 150 valence electrons. The Bertz CT molecular complexity index is 963. The van der Waals surface area contributed by atoms with Crippen LogP contribution in [0.15, 0.2) is 30.3 Å². The summed E-state index contributed by atoms with van der Waals surface area (Å²) in [7, 11) is -4.61. The Kier molecular flexibility index (Phi) is 7.12. The summed E-state index contributed by atoms with van der Waals surface area (Å²) in [5.74, 6) is -1.24. The Balaban J connectivity index is 2.09.